The second kappa shape index (κ2) is 7.30. The predicted octanol–water partition coefficient (Wildman–Crippen LogP) is 4.05. The maximum Gasteiger partial charge on any atom is 0.417 e. The minimum atomic E-state index is -0.620. The summed E-state index contributed by atoms with van der Waals surface area (Å²) in [6.07, 6.45) is 5.08. The highest BCUT2D eigenvalue weighted by Gasteiger charge is 2.58. The van der Waals surface area contributed by atoms with Crippen molar-refractivity contribution in [3.8, 4) is 0 Å². The summed E-state index contributed by atoms with van der Waals surface area (Å²) in [5.41, 5.74) is 2.78. The zero-order valence-electron chi connectivity index (χ0n) is 17.5. The van der Waals surface area contributed by atoms with Crippen LogP contribution in [0.15, 0.2) is 78.4 Å². The van der Waals surface area contributed by atoms with E-state index in [4.69, 9.17) is 4.74 Å². The minimum absolute atomic E-state index is 0.0357. The minimum Gasteiger partial charge on any atom is -0.447 e. The monoisotopic (exact) mass is 425 g/mol. The van der Waals surface area contributed by atoms with Gasteiger partial charge in [-0.3, -0.25) is 9.59 Å². The van der Waals surface area contributed by atoms with E-state index in [0.29, 0.717) is 17.6 Å². The molecule has 2 aromatic carbocycles. The van der Waals surface area contributed by atoms with Gasteiger partial charge in [0, 0.05) is 23.0 Å². The van der Waals surface area contributed by atoms with E-state index in [0.717, 1.165) is 17.5 Å². The number of allylic oxidation sites excluding steroid dienone is 3. The molecular weight excluding hydrogens is 402 g/mol. The molecular formula is C27H23NO4. The lowest BCUT2D eigenvalue weighted by atomic mass is 9.81. The number of cyclic esters (lactones) is 1. The van der Waals surface area contributed by atoms with Crippen LogP contribution in [0, 0.1) is 23.7 Å². The Bertz CT molecular complexity index is 1170. The highest BCUT2D eigenvalue weighted by molar-refractivity contribution is 6.31. The standard InChI is InChI=1S/C27H23NO4/c29-25-22(17-9-5-2-6-10-17)24(21-18-11-12-19(14-18)23(21)25)26(30)28-20(15-32-27(28)31)13-16-7-3-1-4-8-16/h1-12,18-21,23H,13-15H2/t18-,19+,20-,21+,23-/m0/s1. The molecule has 1 saturated heterocycles. The molecule has 3 aliphatic carbocycles. The van der Waals surface area contributed by atoms with Gasteiger partial charge in [0.1, 0.15) is 6.61 Å². The van der Waals surface area contributed by atoms with Crippen LogP contribution in [0.5, 0.6) is 0 Å². The number of amides is 2. The molecule has 2 fully saturated rings. The number of nitrogens with zero attached hydrogens (tertiary/aromatic N) is 1. The molecule has 1 aliphatic heterocycles. The first kappa shape index (κ1) is 19.2. The molecule has 2 bridgehead atoms. The molecule has 32 heavy (non-hydrogen) atoms. The Morgan fingerprint density at radius 3 is 2.28 bits per heavy atom. The van der Waals surface area contributed by atoms with E-state index in [1.165, 1.54) is 4.90 Å². The summed E-state index contributed by atoms with van der Waals surface area (Å²) in [4.78, 5) is 41.6. The van der Waals surface area contributed by atoms with Gasteiger partial charge in [-0.05, 0) is 35.8 Å². The molecule has 0 unspecified atom stereocenters. The van der Waals surface area contributed by atoms with Gasteiger partial charge in [-0.2, -0.15) is 0 Å². The molecule has 0 aromatic heterocycles. The molecule has 0 N–H and O–H groups in total. The fraction of sp³-hybridized carbons (Fsp3) is 0.296. The number of fused-ring (bicyclic) bond motifs is 5. The number of hydrogen-bond donors (Lipinski definition) is 0. The van der Waals surface area contributed by atoms with E-state index in [9.17, 15) is 14.4 Å². The largest absolute Gasteiger partial charge is 0.447 e. The zero-order valence-corrected chi connectivity index (χ0v) is 17.5. The Labute approximate surface area is 186 Å². The molecule has 0 radical (unpaired) electrons. The van der Waals surface area contributed by atoms with Gasteiger partial charge < -0.3 is 4.74 Å². The Kier molecular flexibility index (Phi) is 4.39. The van der Waals surface area contributed by atoms with E-state index in [2.05, 4.69) is 12.2 Å². The smallest absolute Gasteiger partial charge is 0.417 e. The number of benzene rings is 2. The maximum absolute atomic E-state index is 14.0. The first-order valence-corrected chi connectivity index (χ1v) is 11.2. The summed E-state index contributed by atoms with van der Waals surface area (Å²) in [6, 6.07) is 18.8. The average Bonchev–Trinajstić information content (AvgIpc) is 3.57. The van der Waals surface area contributed by atoms with Gasteiger partial charge in [-0.15, -0.1) is 0 Å². The molecule has 4 aliphatic rings. The summed E-state index contributed by atoms with van der Waals surface area (Å²) in [5, 5.41) is 0. The fourth-order valence-corrected chi connectivity index (χ4v) is 6.07. The van der Waals surface area contributed by atoms with E-state index in [-0.39, 0.29) is 48.0 Å². The van der Waals surface area contributed by atoms with Gasteiger partial charge in [-0.1, -0.05) is 72.8 Å². The number of hydrogen-bond acceptors (Lipinski definition) is 4. The summed E-state index contributed by atoms with van der Waals surface area (Å²) in [7, 11) is 0. The van der Waals surface area contributed by atoms with Crippen LogP contribution in [0.1, 0.15) is 17.5 Å². The second-order valence-electron chi connectivity index (χ2n) is 9.11. The van der Waals surface area contributed by atoms with Crippen molar-refractivity contribution in [2.45, 2.75) is 18.9 Å². The van der Waals surface area contributed by atoms with Crippen LogP contribution in [0.2, 0.25) is 0 Å². The summed E-state index contributed by atoms with van der Waals surface area (Å²) in [5.74, 6) is -0.355. The summed E-state index contributed by atoms with van der Waals surface area (Å²) in [6.45, 7) is 0.168. The molecule has 0 spiro atoms. The van der Waals surface area contributed by atoms with Crippen molar-refractivity contribution in [3.63, 3.8) is 0 Å². The molecule has 5 nitrogen and oxygen atoms in total. The number of imide groups is 1. The van der Waals surface area contributed by atoms with Crippen molar-refractivity contribution < 1.29 is 19.1 Å². The molecule has 2 aromatic rings. The lowest BCUT2D eigenvalue weighted by Gasteiger charge is -2.26. The third-order valence-corrected chi connectivity index (χ3v) is 7.40. The normalized spacial score (nSPS) is 30.2. The number of rotatable bonds is 4. The van der Waals surface area contributed by atoms with E-state index in [1.807, 2.05) is 60.7 Å². The molecule has 1 saturated carbocycles. The number of ketones is 1. The van der Waals surface area contributed by atoms with Gasteiger partial charge in [0.25, 0.3) is 5.91 Å². The quantitative estimate of drug-likeness (QED) is 0.694. The molecule has 2 amide bonds. The van der Waals surface area contributed by atoms with Gasteiger partial charge >= 0.3 is 6.09 Å². The Hall–Kier alpha value is -3.47. The first-order valence-electron chi connectivity index (χ1n) is 11.2. The van der Waals surface area contributed by atoms with Gasteiger partial charge in [0.15, 0.2) is 5.78 Å². The Morgan fingerprint density at radius 2 is 1.56 bits per heavy atom. The lowest BCUT2D eigenvalue weighted by molar-refractivity contribution is -0.125. The van der Waals surface area contributed by atoms with Gasteiger partial charge in [0.2, 0.25) is 0 Å². The molecule has 5 atom stereocenters. The van der Waals surface area contributed by atoms with Crippen LogP contribution in [-0.4, -0.2) is 35.3 Å². The maximum atomic E-state index is 14.0. The van der Waals surface area contributed by atoms with Crippen molar-refractivity contribution >= 4 is 23.4 Å². The SMILES string of the molecule is O=C1C(c2ccccc2)=C(C(=O)N2C(=O)OC[C@@H]2Cc2ccccc2)[C@H]2[C@@H]1[C@@H]1C=C[C@H]2C1. The van der Waals surface area contributed by atoms with E-state index >= 15 is 0 Å². The fourth-order valence-electron chi connectivity index (χ4n) is 6.07. The number of ether oxygens (including phenoxy) is 1. The van der Waals surface area contributed by atoms with Crippen molar-refractivity contribution in [1.29, 1.82) is 0 Å². The van der Waals surface area contributed by atoms with Crippen LogP contribution in [0.3, 0.4) is 0 Å². The summed E-state index contributed by atoms with van der Waals surface area (Å²) >= 11 is 0. The van der Waals surface area contributed by atoms with Crippen LogP contribution < -0.4 is 0 Å². The number of carbonyl (C=O) groups is 3. The molecule has 5 heteroatoms. The number of Topliss-reactive ketones (excluding diaryl/α,β-unsaturated/α-hetero) is 1. The van der Waals surface area contributed by atoms with Gasteiger partial charge in [-0.25, -0.2) is 9.69 Å². The van der Waals surface area contributed by atoms with Crippen molar-refractivity contribution in [1.82, 2.24) is 4.90 Å². The first-order chi connectivity index (χ1) is 15.6. The third-order valence-electron chi connectivity index (χ3n) is 7.40. The van der Waals surface area contributed by atoms with Crippen molar-refractivity contribution in [3.05, 3.63) is 89.5 Å². The van der Waals surface area contributed by atoms with E-state index < -0.39 is 6.09 Å². The Morgan fingerprint density at radius 1 is 0.906 bits per heavy atom. The molecule has 1 heterocycles. The lowest BCUT2D eigenvalue weighted by Crippen LogP contribution is -2.42. The number of carbonyl (C=O) groups excluding carboxylic acids is 3. The van der Waals surface area contributed by atoms with Crippen molar-refractivity contribution in [2.24, 2.45) is 23.7 Å². The van der Waals surface area contributed by atoms with Crippen molar-refractivity contribution in [2.75, 3.05) is 6.61 Å². The second-order valence-corrected chi connectivity index (χ2v) is 9.11. The summed E-state index contributed by atoms with van der Waals surface area (Å²) < 4.78 is 5.32. The Balaban J connectivity index is 1.42. The van der Waals surface area contributed by atoms with Crippen LogP contribution >= 0.6 is 0 Å². The molecule has 6 rings (SSSR count). The van der Waals surface area contributed by atoms with Crippen LogP contribution in [0.25, 0.3) is 5.57 Å². The predicted molar refractivity (Wildman–Crippen MR) is 118 cm³/mol. The molecule has 160 valence electrons. The van der Waals surface area contributed by atoms with E-state index in [1.54, 1.807) is 0 Å². The van der Waals surface area contributed by atoms with Crippen LogP contribution in [0.4, 0.5) is 4.79 Å². The topological polar surface area (TPSA) is 63.7 Å². The van der Waals surface area contributed by atoms with Crippen LogP contribution in [-0.2, 0) is 20.7 Å². The zero-order chi connectivity index (χ0) is 21.8. The average molecular weight is 425 g/mol. The third kappa shape index (κ3) is 2.80. The highest BCUT2D eigenvalue weighted by atomic mass is 16.6. The highest BCUT2D eigenvalue weighted by Crippen LogP contribution is 2.58. The van der Waals surface area contributed by atoms with Gasteiger partial charge in [0.05, 0.1) is 6.04 Å².